The normalized spacial score (nSPS) is 16.0. The van der Waals surface area contributed by atoms with E-state index >= 15 is 0 Å². The third-order valence-electron chi connectivity index (χ3n) is 4.15. The predicted octanol–water partition coefficient (Wildman–Crippen LogP) is 0.624. The van der Waals surface area contributed by atoms with Crippen molar-refractivity contribution in [1.82, 2.24) is 30.5 Å². The van der Waals surface area contributed by atoms with Crippen LogP contribution in [0.15, 0.2) is 17.4 Å². The van der Waals surface area contributed by atoms with Crippen molar-refractivity contribution in [3.63, 3.8) is 0 Å². The maximum atomic E-state index is 11.8. The fourth-order valence-electron chi connectivity index (χ4n) is 2.68. The maximum Gasteiger partial charge on any atom is 0.243 e. The number of amides is 1. The second-order valence-electron chi connectivity index (χ2n) is 6.38. The number of aromatic nitrogens is 3. The van der Waals surface area contributed by atoms with Crippen molar-refractivity contribution in [3.05, 3.63) is 12.4 Å². The van der Waals surface area contributed by atoms with Gasteiger partial charge in [0.25, 0.3) is 0 Å². The zero-order chi connectivity index (χ0) is 17.2. The molecule has 0 spiro atoms. The number of likely N-dealkylation sites (N-methyl/N-ethyl adjacent to an activating group) is 1. The van der Waals surface area contributed by atoms with Gasteiger partial charge in [-0.05, 0) is 19.3 Å². The summed E-state index contributed by atoms with van der Waals surface area (Å²) < 4.78 is 1.81. The van der Waals surface area contributed by atoms with Crippen LogP contribution in [0.3, 0.4) is 0 Å². The van der Waals surface area contributed by atoms with E-state index in [0.717, 1.165) is 25.5 Å². The molecule has 1 heterocycles. The average Bonchev–Trinajstić information content (AvgIpc) is 3.10. The van der Waals surface area contributed by atoms with E-state index in [2.05, 4.69) is 25.9 Å². The van der Waals surface area contributed by atoms with Gasteiger partial charge in [0.1, 0.15) is 6.54 Å². The first-order chi connectivity index (χ1) is 11.6. The monoisotopic (exact) mass is 335 g/mol. The highest BCUT2D eigenvalue weighted by Gasteiger charge is 2.15. The molecule has 0 bridgehead atoms. The number of nitrogens with one attached hydrogen (secondary N) is 2. The van der Waals surface area contributed by atoms with Crippen LogP contribution in [0, 0.1) is 0 Å². The molecule has 1 aliphatic carbocycles. The SMILES string of the molecule is CN(C)C(=O)CN=C(NCCCn1ccnn1)NC1CCCCC1. The first kappa shape index (κ1) is 18.2. The minimum Gasteiger partial charge on any atom is -0.356 e. The molecule has 2 rings (SSSR count). The van der Waals surface area contributed by atoms with E-state index in [1.807, 2.05) is 10.9 Å². The van der Waals surface area contributed by atoms with Gasteiger partial charge in [-0.3, -0.25) is 9.48 Å². The lowest BCUT2D eigenvalue weighted by molar-refractivity contribution is -0.127. The van der Waals surface area contributed by atoms with Crippen LogP contribution in [0.1, 0.15) is 38.5 Å². The molecule has 1 aliphatic rings. The van der Waals surface area contributed by atoms with Crippen molar-refractivity contribution in [1.29, 1.82) is 0 Å². The Morgan fingerprint density at radius 2 is 2.12 bits per heavy atom. The molecular formula is C16H29N7O. The summed E-state index contributed by atoms with van der Waals surface area (Å²) in [5.41, 5.74) is 0. The van der Waals surface area contributed by atoms with Gasteiger partial charge in [-0.25, -0.2) is 4.99 Å². The third kappa shape index (κ3) is 6.55. The number of hydrogen-bond donors (Lipinski definition) is 2. The summed E-state index contributed by atoms with van der Waals surface area (Å²) in [5.74, 6) is 0.734. The Labute approximate surface area is 143 Å². The summed E-state index contributed by atoms with van der Waals surface area (Å²) in [6.07, 6.45) is 10.6. The highest BCUT2D eigenvalue weighted by molar-refractivity contribution is 5.84. The molecule has 24 heavy (non-hydrogen) atoms. The number of guanidine groups is 1. The number of carbonyl (C=O) groups excluding carboxylic acids is 1. The van der Waals surface area contributed by atoms with Gasteiger partial charge >= 0.3 is 0 Å². The molecule has 0 aromatic carbocycles. The molecule has 1 aromatic heterocycles. The van der Waals surface area contributed by atoms with Gasteiger partial charge in [-0.2, -0.15) is 0 Å². The second-order valence-corrected chi connectivity index (χ2v) is 6.38. The van der Waals surface area contributed by atoms with Crippen LogP contribution in [0.2, 0.25) is 0 Å². The Kier molecular flexibility index (Phi) is 7.51. The summed E-state index contributed by atoms with van der Waals surface area (Å²) in [6.45, 7) is 1.74. The van der Waals surface area contributed by atoms with Gasteiger partial charge in [0.2, 0.25) is 5.91 Å². The smallest absolute Gasteiger partial charge is 0.243 e. The van der Waals surface area contributed by atoms with Crippen LogP contribution >= 0.6 is 0 Å². The van der Waals surface area contributed by atoms with E-state index in [1.165, 1.54) is 32.1 Å². The van der Waals surface area contributed by atoms with Crippen molar-refractivity contribution in [2.45, 2.75) is 51.1 Å². The number of carbonyl (C=O) groups is 1. The van der Waals surface area contributed by atoms with Crippen LogP contribution in [0.25, 0.3) is 0 Å². The minimum absolute atomic E-state index is 0.00218. The van der Waals surface area contributed by atoms with E-state index < -0.39 is 0 Å². The standard InChI is InChI=1S/C16H29N7O/c1-22(2)15(24)13-18-16(20-14-7-4-3-5-8-14)17-9-6-11-23-12-10-19-21-23/h10,12,14H,3-9,11,13H2,1-2H3,(H2,17,18,20). The third-order valence-corrected chi connectivity index (χ3v) is 4.15. The molecule has 8 heteroatoms. The fourth-order valence-corrected chi connectivity index (χ4v) is 2.68. The highest BCUT2D eigenvalue weighted by Crippen LogP contribution is 2.17. The summed E-state index contributed by atoms with van der Waals surface area (Å²) >= 11 is 0. The second kappa shape index (κ2) is 9.89. The lowest BCUT2D eigenvalue weighted by atomic mass is 9.96. The van der Waals surface area contributed by atoms with Crippen LogP contribution in [0.5, 0.6) is 0 Å². The molecule has 2 N–H and O–H groups in total. The molecule has 0 saturated heterocycles. The summed E-state index contributed by atoms with van der Waals surface area (Å²) in [7, 11) is 3.50. The molecule has 0 unspecified atom stereocenters. The van der Waals surface area contributed by atoms with Crippen molar-refractivity contribution < 1.29 is 4.79 Å². The zero-order valence-corrected chi connectivity index (χ0v) is 14.7. The van der Waals surface area contributed by atoms with E-state index in [-0.39, 0.29) is 12.5 Å². The minimum atomic E-state index is 0.00218. The molecule has 134 valence electrons. The average molecular weight is 335 g/mol. The van der Waals surface area contributed by atoms with E-state index in [0.29, 0.717) is 6.04 Å². The van der Waals surface area contributed by atoms with Gasteiger partial charge in [0.15, 0.2) is 5.96 Å². The number of rotatable bonds is 7. The van der Waals surface area contributed by atoms with Crippen molar-refractivity contribution >= 4 is 11.9 Å². The molecular weight excluding hydrogens is 306 g/mol. The van der Waals surface area contributed by atoms with Crippen LogP contribution in [-0.4, -0.2) is 65.0 Å². The predicted molar refractivity (Wildman–Crippen MR) is 93.6 cm³/mol. The number of aliphatic imine (C=N–C) groups is 1. The van der Waals surface area contributed by atoms with Crippen molar-refractivity contribution in [2.75, 3.05) is 27.2 Å². The zero-order valence-electron chi connectivity index (χ0n) is 14.7. The Morgan fingerprint density at radius 1 is 1.33 bits per heavy atom. The maximum absolute atomic E-state index is 11.8. The topological polar surface area (TPSA) is 87.4 Å². The Balaban J connectivity index is 1.81. The quantitative estimate of drug-likeness (QED) is 0.433. The van der Waals surface area contributed by atoms with Crippen LogP contribution in [0.4, 0.5) is 0 Å². The number of nitrogens with zero attached hydrogens (tertiary/aromatic N) is 5. The fraction of sp³-hybridized carbons (Fsp3) is 0.750. The van der Waals surface area contributed by atoms with Gasteiger partial charge in [0.05, 0.1) is 6.20 Å². The Bertz CT molecular complexity index is 507. The molecule has 8 nitrogen and oxygen atoms in total. The Hall–Kier alpha value is -2.12. The molecule has 0 aliphatic heterocycles. The lowest BCUT2D eigenvalue weighted by Crippen LogP contribution is -2.45. The molecule has 1 amide bonds. The van der Waals surface area contributed by atoms with Crippen LogP contribution in [-0.2, 0) is 11.3 Å². The Morgan fingerprint density at radius 3 is 2.79 bits per heavy atom. The van der Waals surface area contributed by atoms with Gasteiger partial charge in [-0.1, -0.05) is 24.5 Å². The van der Waals surface area contributed by atoms with Gasteiger partial charge in [0, 0.05) is 39.4 Å². The summed E-state index contributed by atoms with van der Waals surface area (Å²) in [6, 6.07) is 0.453. The van der Waals surface area contributed by atoms with Gasteiger partial charge < -0.3 is 15.5 Å². The van der Waals surface area contributed by atoms with Crippen LogP contribution < -0.4 is 10.6 Å². The molecule has 1 saturated carbocycles. The summed E-state index contributed by atoms with van der Waals surface area (Å²) in [4.78, 5) is 17.8. The van der Waals surface area contributed by atoms with Crippen molar-refractivity contribution in [3.8, 4) is 0 Å². The first-order valence-corrected chi connectivity index (χ1v) is 8.74. The number of aryl methyl sites for hydroxylation is 1. The van der Waals surface area contributed by atoms with Crippen molar-refractivity contribution in [2.24, 2.45) is 4.99 Å². The summed E-state index contributed by atoms with van der Waals surface area (Å²) in [5, 5.41) is 14.5. The van der Waals surface area contributed by atoms with E-state index in [9.17, 15) is 4.79 Å². The molecule has 0 atom stereocenters. The van der Waals surface area contributed by atoms with E-state index in [1.54, 1.807) is 25.2 Å². The first-order valence-electron chi connectivity index (χ1n) is 8.74. The molecule has 1 aromatic rings. The highest BCUT2D eigenvalue weighted by atomic mass is 16.2. The number of hydrogen-bond acceptors (Lipinski definition) is 4. The largest absolute Gasteiger partial charge is 0.356 e. The lowest BCUT2D eigenvalue weighted by Gasteiger charge is -2.25. The molecule has 0 radical (unpaired) electrons. The van der Waals surface area contributed by atoms with E-state index in [4.69, 9.17) is 0 Å². The van der Waals surface area contributed by atoms with Gasteiger partial charge in [-0.15, -0.1) is 5.10 Å². The molecule has 1 fully saturated rings.